The zero-order chi connectivity index (χ0) is 16.5. The number of carbonyl (C=O) groups excluding carboxylic acids is 2. The predicted octanol–water partition coefficient (Wildman–Crippen LogP) is 5.00. The van der Waals surface area contributed by atoms with Gasteiger partial charge in [-0.3, -0.25) is 0 Å². The molecular formula is C18H30O2. The van der Waals surface area contributed by atoms with Crippen LogP contribution in [0.25, 0.3) is 0 Å². The minimum Gasteiger partial charge on any atom is -0.307 e. The van der Waals surface area contributed by atoms with Gasteiger partial charge in [0.25, 0.3) is 0 Å². The van der Waals surface area contributed by atoms with Gasteiger partial charge in [-0.2, -0.15) is 0 Å². The van der Waals surface area contributed by atoms with Crippen LogP contribution < -0.4 is 0 Å². The fourth-order valence-corrected chi connectivity index (χ4v) is 2.32. The highest BCUT2D eigenvalue weighted by molar-refractivity contribution is 5.42. The summed E-state index contributed by atoms with van der Waals surface area (Å²) in [6.45, 7) is 20.0. The lowest BCUT2D eigenvalue weighted by atomic mass is 9.85. The van der Waals surface area contributed by atoms with Crippen molar-refractivity contribution in [3.63, 3.8) is 0 Å². The molecule has 0 aliphatic rings. The molecule has 0 aliphatic carbocycles. The second kappa shape index (κ2) is 10.4. The van der Waals surface area contributed by atoms with Gasteiger partial charge < -0.3 is 9.59 Å². The van der Waals surface area contributed by atoms with Crippen LogP contribution in [0.1, 0.15) is 81.5 Å². The van der Waals surface area contributed by atoms with Gasteiger partial charge in [0, 0.05) is 0 Å². The molecule has 0 N–H and O–H groups in total. The van der Waals surface area contributed by atoms with Gasteiger partial charge in [0.05, 0.1) is 0 Å². The van der Waals surface area contributed by atoms with Crippen molar-refractivity contribution in [2.75, 3.05) is 0 Å². The number of benzene rings is 1. The molecule has 0 spiro atoms. The molecule has 0 fully saturated rings. The second-order valence-corrected chi connectivity index (χ2v) is 5.79. The largest absolute Gasteiger partial charge is 0.307 e. The quantitative estimate of drug-likeness (QED) is 0.780. The van der Waals surface area contributed by atoms with Gasteiger partial charge in [0.2, 0.25) is 0 Å². The van der Waals surface area contributed by atoms with E-state index in [0.717, 1.165) is 0 Å². The van der Waals surface area contributed by atoms with Crippen LogP contribution in [0, 0.1) is 6.92 Å². The smallest absolute Gasteiger partial charge is 0.106 e. The summed E-state index contributed by atoms with van der Waals surface area (Å²) in [5, 5.41) is 0. The van der Waals surface area contributed by atoms with Crippen molar-refractivity contribution in [2.45, 2.75) is 66.2 Å². The first-order valence-electron chi connectivity index (χ1n) is 7.06. The molecule has 0 saturated carbocycles. The normalized spacial score (nSPS) is 9.90. The molecule has 2 nitrogen and oxygen atoms in total. The van der Waals surface area contributed by atoms with Crippen LogP contribution in [0.5, 0.6) is 0 Å². The summed E-state index contributed by atoms with van der Waals surface area (Å²) in [4.78, 5) is 16.0. The van der Waals surface area contributed by atoms with E-state index in [2.05, 4.69) is 60.6 Å². The van der Waals surface area contributed by atoms with E-state index < -0.39 is 0 Å². The molecule has 114 valence electrons. The maximum atomic E-state index is 8.00. The maximum absolute atomic E-state index is 8.00. The summed E-state index contributed by atoms with van der Waals surface area (Å²) >= 11 is 0. The molecule has 0 aromatic heterocycles. The van der Waals surface area contributed by atoms with Gasteiger partial charge in [-0.1, -0.05) is 53.7 Å². The molecule has 1 aromatic carbocycles. The summed E-state index contributed by atoms with van der Waals surface area (Å²) in [5.41, 5.74) is 6.03. The molecule has 2 heteroatoms. The van der Waals surface area contributed by atoms with Crippen LogP contribution in [0.3, 0.4) is 0 Å². The van der Waals surface area contributed by atoms with Crippen LogP contribution in [0.2, 0.25) is 0 Å². The molecule has 0 bridgehead atoms. The van der Waals surface area contributed by atoms with Crippen molar-refractivity contribution < 1.29 is 9.59 Å². The molecule has 0 unspecified atom stereocenters. The summed E-state index contributed by atoms with van der Waals surface area (Å²) < 4.78 is 0. The van der Waals surface area contributed by atoms with Crippen molar-refractivity contribution in [3.05, 3.63) is 34.4 Å². The Morgan fingerprint density at radius 2 is 1.00 bits per heavy atom. The average molecular weight is 278 g/mol. The first-order chi connectivity index (χ1) is 9.34. The first-order valence-corrected chi connectivity index (χ1v) is 7.06. The fourth-order valence-electron chi connectivity index (χ4n) is 2.32. The Morgan fingerprint density at radius 1 is 0.700 bits per heavy atom. The minimum absolute atomic E-state index is 0.621. The Hall–Kier alpha value is -1.44. The fraction of sp³-hybridized carbons (Fsp3) is 0.556. The van der Waals surface area contributed by atoms with Crippen molar-refractivity contribution in [3.8, 4) is 0 Å². The lowest BCUT2D eigenvalue weighted by Gasteiger charge is -2.20. The van der Waals surface area contributed by atoms with Crippen molar-refractivity contribution in [2.24, 2.45) is 0 Å². The van der Waals surface area contributed by atoms with Gasteiger partial charge in [-0.25, -0.2) is 0 Å². The van der Waals surface area contributed by atoms with E-state index in [1.807, 2.05) is 13.6 Å². The van der Waals surface area contributed by atoms with Crippen LogP contribution in [-0.2, 0) is 9.59 Å². The van der Waals surface area contributed by atoms with Crippen molar-refractivity contribution in [1.82, 2.24) is 0 Å². The van der Waals surface area contributed by atoms with Gasteiger partial charge in [0.1, 0.15) is 13.6 Å². The molecule has 0 amide bonds. The van der Waals surface area contributed by atoms with Crippen LogP contribution in [-0.4, -0.2) is 13.6 Å². The third-order valence-corrected chi connectivity index (χ3v) is 3.42. The van der Waals surface area contributed by atoms with Gasteiger partial charge in [0.15, 0.2) is 0 Å². The van der Waals surface area contributed by atoms with E-state index in [1.165, 1.54) is 22.3 Å². The van der Waals surface area contributed by atoms with E-state index in [4.69, 9.17) is 9.59 Å². The molecule has 20 heavy (non-hydrogen) atoms. The van der Waals surface area contributed by atoms with E-state index in [9.17, 15) is 0 Å². The molecule has 0 radical (unpaired) electrons. The third-order valence-electron chi connectivity index (χ3n) is 3.42. The molecule has 0 heterocycles. The Morgan fingerprint density at radius 3 is 1.20 bits per heavy atom. The van der Waals surface area contributed by atoms with E-state index in [-0.39, 0.29) is 0 Å². The molecule has 0 saturated heterocycles. The lowest BCUT2D eigenvalue weighted by molar-refractivity contribution is -0.0987. The summed E-state index contributed by atoms with van der Waals surface area (Å²) in [5.74, 6) is 1.86. The number of rotatable bonds is 3. The summed E-state index contributed by atoms with van der Waals surface area (Å²) in [6, 6.07) is 4.80. The van der Waals surface area contributed by atoms with E-state index in [1.54, 1.807) is 0 Å². The highest BCUT2D eigenvalue weighted by atomic mass is 16.1. The van der Waals surface area contributed by atoms with Crippen molar-refractivity contribution in [1.29, 1.82) is 0 Å². The van der Waals surface area contributed by atoms with Gasteiger partial charge >= 0.3 is 0 Å². The monoisotopic (exact) mass is 278 g/mol. The van der Waals surface area contributed by atoms with E-state index >= 15 is 0 Å². The predicted molar refractivity (Wildman–Crippen MR) is 87.7 cm³/mol. The Kier molecular flexibility index (Phi) is 10.8. The Balaban J connectivity index is 0. The average Bonchev–Trinajstić information content (AvgIpc) is 2.42. The summed E-state index contributed by atoms with van der Waals surface area (Å²) in [7, 11) is 0. The first kappa shape index (κ1) is 20.9. The van der Waals surface area contributed by atoms with Crippen LogP contribution in [0.4, 0.5) is 0 Å². The van der Waals surface area contributed by atoms with Gasteiger partial charge in [-0.15, -0.1) is 0 Å². The maximum Gasteiger partial charge on any atom is 0.106 e. The number of hydrogen-bond acceptors (Lipinski definition) is 2. The Labute approximate surface area is 124 Å². The van der Waals surface area contributed by atoms with Crippen LogP contribution >= 0.6 is 0 Å². The van der Waals surface area contributed by atoms with E-state index in [0.29, 0.717) is 17.8 Å². The highest BCUT2D eigenvalue weighted by Gasteiger charge is 2.13. The van der Waals surface area contributed by atoms with Crippen molar-refractivity contribution >= 4 is 13.6 Å². The minimum atomic E-state index is 0.621. The zero-order valence-electron chi connectivity index (χ0n) is 14.1. The standard InChI is InChI=1S/C16H26.2CH2O/c1-10(2)14-8-15(11(3)4)13(7)16(9-14)12(5)6;2*1-2/h8-12H,1-7H3;2*1H2. The molecule has 1 aromatic rings. The third kappa shape index (κ3) is 5.68. The topological polar surface area (TPSA) is 34.1 Å². The molecule has 1 rings (SSSR count). The Bertz CT molecular complexity index is 361. The molecule has 0 aliphatic heterocycles. The molecular weight excluding hydrogens is 248 g/mol. The van der Waals surface area contributed by atoms with Gasteiger partial charge in [-0.05, 0) is 46.9 Å². The SMILES string of the molecule is C=O.C=O.Cc1c(C(C)C)cc(C(C)C)cc1C(C)C. The molecule has 0 atom stereocenters. The summed E-state index contributed by atoms with van der Waals surface area (Å²) in [6.07, 6.45) is 0. The number of carbonyl (C=O) groups is 2. The van der Waals surface area contributed by atoms with Crippen LogP contribution in [0.15, 0.2) is 12.1 Å². The highest BCUT2D eigenvalue weighted by Crippen LogP contribution is 2.31. The zero-order valence-corrected chi connectivity index (χ0v) is 14.1. The second-order valence-electron chi connectivity index (χ2n) is 5.79. The lowest BCUT2D eigenvalue weighted by Crippen LogP contribution is -2.03. The number of hydrogen-bond donors (Lipinski definition) is 0.